The minimum atomic E-state index is -0.564. The molecular weight excluding hydrogens is 322 g/mol. The number of carbonyl (C=O) groups excluding carboxylic acids is 3. The fraction of sp³-hybridized carbons (Fsp3) is 0.500. The molecule has 1 aliphatic heterocycles. The zero-order valence-corrected chi connectivity index (χ0v) is 15.1. The molecule has 2 N–H and O–H groups in total. The number of anilines is 1. The Morgan fingerprint density at radius 2 is 2.00 bits per heavy atom. The highest BCUT2D eigenvalue weighted by Crippen LogP contribution is 2.19. The number of urea groups is 1. The van der Waals surface area contributed by atoms with Gasteiger partial charge in [-0.2, -0.15) is 0 Å². The van der Waals surface area contributed by atoms with Crippen molar-refractivity contribution in [1.82, 2.24) is 10.2 Å². The van der Waals surface area contributed by atoms with Crippen molar-refractivity contribution in [3.05, 3.63) is 29.8 Å². The first kappa shape index (κ1) is 18.8. The van der Waals surface area contributed by atoms with Gasteiger partial charge in [0.25, 0.3) is 0 Å². The molecule has 0 spiro atoms. The van der Waals surface area contributed by atoms with Crippen LogP contribution in [-0.2, 0) is 20.7 Å². The molecule has 1 fully saturated rings. The molecule has 3 amide bonds. The second-order valence-corrected chi connectivity index (χ2v) is 7.01. The second-order valence-electron chi connectivity index (χ2n) is 7.01. The van der Waals surface area contributed by atoms with E-state index in [2.05, 4.69) is 10.6 Å². The third-order valence-electron chi connectivity index (χ3n) is 3.77. The third-order valence-corrected chi connectivity index (χ3v) is 3.77. The SMILES string of the molecule is C[C@H]1C(=O)NCCN1C(=O)Nc1ccccc1CC(=O)OC(C)(C)C. The predicted molar refractivity (Wildman–Crippen MR) is 94.2 cm³/mol. The highest BCUT2D eigenvalue weighted by atomic mass is 16.6. The average molecular weight is 347 g/mol. The Balaban J connectivity index is 2.08. The number of rotatable bonds is 3. The number of piperazine rings is 1. The zero-order chi connectivity index (χ0) is 18.6. The van der Waals surface area contributed by atoms with Crippen LogP contribution >= 0.6 is 0 Å². The second kappa shape index (κ2) is 7.55. The lowest BCUT2D eigenvalue weighted by Gasteiger charge is -2.33. The van der Waals surface area contributed by atoms with Gasteiger partial charge in [-0.15, -0.1) is 0 Å². The molecule has 0 saturated carbocycles. The Morgan fingerprint density at radius 3 is 2.68 bits per heavy atom. The van der Waals surface area contributed by atoms with Crippen LogP contribution in [0.5, 0.6) is 0 Å². The molecule has 1 atom stereocenters. The molecular formula is C18H25N3O4. The number of esters is 1. The Kier molecular flexibility index (Phi) is 5.66. The number of ether oxygens (including phenoxy) is 1. The normalized spacial score (nSPS) is 17.7. The van der Waals surface area contributed by atoms with Crippen LogP contribution in [0.1, 0.15) is 33.3 Å². The fourth-order valence-corrected chi connectivity index (χ4v) is 2.58. The van der Waals surface area contributed by atoms with E-state index in [9.17, 15) is 14.4 Å². The van der Waals surface area contributed by atoms with Crippen LogP contribution < -0.4 is 10.6 Å². The van der Waals surface area contributed by atoms with Gasteiger partial charge in [-0.05, 0) is 39.3 Å². The number of hydrogen-bond donors (Lipinski definition) is 2. The molecule has 0 unspecified atom stereocenters. The maximum atomic E-state index is 12.5. The smallest absolute Gasteiger partial charge is 0.322 e. The van der Waals surface area contributed by atoms with Crippen LogP contribution in [0.25, 0.3) is 0 Å². The molecule has 1 aromatic carbocycles. The Hall–Kier alpha value is -2.57. The van der Waals surface area contributed by atoms with Gasteiger partial charge >= 0.3 is 12.0 Å². The molecule has 136 valence electrons. The van der Waals surface area contributed by atoms with Gasteiger partial charge in [0.05, 0.1) is 6.42 Å². The van der Waals surface area contributed by atoms with Crippen LogP contribution in [0.4, 0.5) is 10.5 Å². The van der Waals surface area contributed by atoms with Gasteiger partial charge in [-0.25, -0.2) is 4.79 Å². The van der Waals surface area contributed by atoms with Crippen LogP contribution in [0.3, 0.4) is 0 Å². The lowest BCUT2D eigenvalue weighted by Crippen LogP contribution is -2.56. The van der Waals surface area contributed by atoms with Crippen molar-refractivity contribution in [2.75, 3.05) is 18.4 Å². The lowest BCUT2D eigenvalue weighted by atomic mass is 10.1. The number of nitrogens with one attached hydrogen (secondary N) is 2. The summed E-state index contributed by atoms with van der Waals surface area (Å²) in [4.78, 5) is 37.8. The number of carbonyl (C=O) groups is 3. The van der Waals surface area contributed by atoms with Crippen molar-refractivity contribution in [3.63, 3.8) is 0 Å². The van der Waals surface area contributed by atoms with E-state index in [1.54, 1.807) is 52.0 Å². The van der Waals surface area contributed by atoms with Gasteiger partial charge in [0, 0.05) is 18.8 Å². The van der Waals surface area contributed by atoms with E-state index in [-0.39, 0.29) is 24.3 Å². The van der Waals surface area contributed by atoms with E-state index < -0.39 is 11.6 Å². The minimum Gasteiger partial charge on any atom is -0.460 e. The van der Waals surface area contributed by atoms with Gasteiger partial charge < -0.3 is 20.3 Å². The number of amides is 3. The summed E-state index contributed by atoms with van der Waals surface area (Å²) < 4.78 is 5.33. The fourth-order valence-electron chi connectivity index (χ4n) is 2.58. The van der Waals surface area contributed by atoms with Crippen LogP contribution in [0.2, 0.25) is 0 Å². The average Bonchev–Trinajstić information content (AvgIpc) is 2.50. The zero-order valence-electron chi connectivity index (χ0n) is 15.1. The molecule has 0 aromatic heterocycles. The Morgan fingerprint density at radius 1 is 1.32 bits per heavy atom. The summed E-state index contributed by atoms with van der Waals surface area (Å²) in [5, 5.41) is 5.52. The number of nitrogens with zero attached hydrogens (tertiary/aromatic N) is 1. The number of hydrogen-bond acceptors (Lipinski definition) is 4. The van der Waals surface area contributed by atoms with Crippen molar-refractivity contribution in [1.29, 1.82) is 0 Å². The molecule has 7 nitrogen and oxygen atoms in total. The van der Waals surface area contributed by atoms with E-state index in [1.807, 2.05) is 0 Å². The highest BCUT2D eigenvalue weighted by Gasteiger charge is 2.29. The van der Waals surface area contributed by atoms with Crippen LogP contribution in [0, 0.1) is 0 Å². The van der Waals surface area contributed by atoms with Crippen molar-refractivity contribution < 1.29 is 19.1 Å². The van der Waals surface area contributed by atoms with E-state index >= 15 is 0 Å². The topological polar surface area (TPSA) is 87.7 Å². The van der Waals surface area contributed by atoms with E-state index in [0.717, 1.165) is 0 Å². The Labute approximate surface area is 147 Å². The lowest BCUT2D eigenvalue weighted by molar-refractivity contribution is -0.153. The van der Waals surface area contributed by atoms with Crippen molar-refractivity contribution in [2.45, 2.75) is 45.8 Å². The van der Waals surface area contributed by atoms with E-state index in [4.69, 9.17) is 4.74 Å². The summed E-state index contributed by atoms with van der Waals surface area (Å²) in [6.07, 6.45) is 0.0593. The predicted octanol–water partition coefficient (Wildman–Crippen LogP) is 1.92. The molecule has 25 heavy (non-hydrogen) atoms. The van der Waals surface area contributed by atoms with Gasteiger partial charge in [0.1, 0.15) is 11.6 Å². The summed E-state index contributed by atoms with van der Waals surface area (Å²) in [7, 11) is 0. The summed E-state index contributed by atoms with van der Waals surface area (Å²) >= 11 is 0. The van der Waals surface area contributed by atoms with Gasteiger partial charge in [0.2, 0.25) is 5.91 Å². The van der Waals surface area contributed by atoms with Gasteiger partial charge in [-0.3, -0.25) is 9.59 Å². The molecule has 1 aliphatic rings. The summed E-state index contributed by atoms with van der Waals surface area (Å²) in [6.45, 7) is 7.97. The maximum absolute atomic E-state index is 12.5. The quantitative estimate of drug-likeness (QED) is 0.818. The first-order valence-corrected chi connectivity index (χ1v) is 8.32. The van der Waals surface area contributed by atoms with E-state index in [0.29, 0.717) is 24.3 Å². The number of para-hydroxylation sites is 1. The molecule has 0 bridgehead atoms. The standard InChI is InChI=1S/C18H25N3O4/c1-12-16(23)19-9-10-21(12)17(24)20-14-8-6-5-7-13(14)11-15(22)25-18(2,3)4/h5-8,12H,9-11H2,1-4H3,(H,19,23)(H,20,24)/t12-/m0/s1. The largest absolute Gasteiger partial charge is 0.460 e. The maximum Gasteiger partial charge on any atom is 0.322 e. The number of benzene rings is 1. The molecule has 0 radical (unpaired) electrons. The molecule has 1 aromatic rings. The van der Waals surface area contributed by atoms with E-state index in [1.165, 1.54) is 4.90 Å². The third kappa shape index (κ3) is 5.20. The summed E-state index contributed by atoms with van der Waals surface area (Å²) in [5.74, 6) is -0.539. The summed E-state index contributed by atoms with van der Waals surface area (Å²) in [6, 6.07) is 6.18. The monoisotopic (exact) mass is 347 g/mol. The van der Waals surface area contributed by atoms with Crippen molar-refractivity contribution in [2.24, 2.45) is 0 Å². The Bertz CT molecular complexity index is 667. The van der Waals surface area contributed by atoms with Gasteiger partial charge in [0.15, 0.2) is 0 Å². The molecule has 7 heteroatoms. The molecule has 1 saturated heterocycles. The molecule has 0 aliphatic carbocycles. The van der Waals surface area contributed by atoms with Gasteiger partial charge in [-0.1, -0.05) is 18.2 Å². The highest BCUT2D eigenvalue weighted by molar-refractivity contribution is 5.95. The first-order valence-electron chi connectivity index (χ1n) is 8.32. The molecule has 2 rings (SSSR count). The van der Waals surface area contributed by atoms with Crippen molar-refractivity contribution >= 4 is 23.6 Å². The minimum absolute atomic E-state index is 0.0593. The van der Waals surface area contributed by atoms with Crippen LogP contribution in [-0.4, -0.2) is 47.5 Å². The van der Waals surface area contributed by atoms with Crippen molar-refractivity contribution in [3.8, 4) is 0 Å². The first-order chi connectivity index (χ1) is 11.7. The molecule has 1 heterocycles. The summed E-state index contributed by atoms with van der Waals surface area (Å²) in [5.41, 5.74) is 0.641. The van der Waals surface area contributed by atoms with Crippen LogP contribution in [0.15, 0.2) is 24.3 Å².